The number of hydrogen-bond acceptors (Lipinski definition) is 3. The van der Waals surface area contributed by atoms with E-state index in [-0.39, 0.29) is 17.6 Å². The van der Waals surface area contributed by atoms with Crippen molar-refractivity contribution in [3.63, 3.8) is 0 Å². The molecule has 0 aromatic heterocycles. The van der Waals surface area contributed by atoms with Crippen LogP contribution in [0.5, 0.6) is 5.75 Å². The van der Waals surface area contributed by atoms with Crippen LogP contribution in [0.15, 0.2) is 24.3 Å². The van der Waals surface area contributed by atoms with Crippen LogP contribution in [0.4, 0.5) is 0 Å². The first-order chi connectivity index (χ1) is 7.50. The third-order valence-corrected chi connectivity index (χ3v) is 2.31. The first-order valence-corrected chi connectivity index (χ1v) is 5.46. The van der Waals surface area contributed by atoms with Gasteiger partial charge in [0.2, 0.25) is 0 Å². The van der Waals surface area contributed by atoms with Crippen molar-refractivity contribution in [1.82, 2.24) is 0 Å². The van der Waals surface area contributed by atoms with Crippen LogP contribution in [0, 0.1) is 5.92 Å². The largest absolute Gasteiger partial charge is 0.508 e. The molecule has 0 amide bonds. The minimum absolute atomic E-state index is 0.200. The number of carbonyl (C=O) groups excluding carboxylic acids is 1. The van der Waals surface area contributed by atoms with Gasteiger partial charge in [-0.2, -0.15) is 0 Å². The zero-order valence-corrected chi connectivity index (χ0v) is 9.93. The van der Waals surface area contributed by atoms with Gasteiger partial charge in [-0.25, -0.2) is 0 Å². The van der Waals surface area contributed by atoms with E-state index >= 15 is 0 Å². The van der Waals surface area contributed by atoms with Gasteiger partial charge >= 0.3 is 5.97 Å². The van der Waals surface area contributed by atoms with Crippen molar-refractivity contribution in [1.29, 1.82) is 0 Å². The first-order valence-electron chi connectivity index (χ1n) is 5.46. The topological polar surface area (TPSA) is 46.5 Å². The summed E-state index contributed by atoms with van der Waals surface area (Å²) in [6.45, 7) is 6.24. The van der Waals surface area contributed by atoms with Gasteiger partial charge in [0.1, 0.15) is 5.75 Å². The molecule has 1 aromatic carbocycles. The van der Waals surface area contributed by atoms with Crippen molar-refractivity contribution in [2.45, 2.75) is 26.7 Å². The van der Waals surface area contributed by atoms with Crippen LogP contribution in [0.25, 0.3) is 0 Å². The summed E-state index contributed by atoms with van der Waals surface area (Å²) < 4.78 is 5.15. The zero-order valence-electron chi connectivity index (χ0n) is 9.93. The van der Waals surface area contributed by atoms with Crippen LogP contribution >= 0.6 is 0 Å². The van der Waals surface area contributed by atoms with Gasteiger partial charge in [-0.15, -0.1) is 0 Å². The molecule has 0 aliphatic rings. The fourth-order valence-corrected chi connectivity index (χ4v) is 1.27. The molecule has 3 heteroatoms. The van der Waals surface area contributed by atoms with Crippen molar-refractivity contribution in [2.75, 3.05) is 6.61 Å². The molecule has 0 saturated carbocycles. The Bertz CT molecular complexity index is 341. The molecule has 16 heavy (non-hydrogen) atoms. The molecule has 1 atom stereocenters. The molecule has 0 saturated heterocycles. The Kier molecular flexibility index (Phi) is 4.35. The van der Waals surface area contributed by atoms with E-state index in [1.807, 2.05) is 13.8 Å². The lowest BCUT2D eigenvalue weighted by Gasteiger charge is -2.13. The predicted octanol–water partition coefficient (Wildman–Crippen LogP) is 2.69. The van der Waals surface area contributed by atoms with E-state index in [4.69, 9.17) is 9.84 Å². The molecule has 3 nitrogen and oxygen atoms in total. The van der Waals surface area contributed by atoms with E-state index in [0.29, 0.717) is 12.5 Å². The predicted molar refractivity (Wildman–Crippen MR) is 62.3 cm³/mol. The Balaban J connectivity index is 2.59. The molecular weight excluding hydrogens is 204 g/mol. The molecular formula is C13H18O3. The van der Waals surface area contributed by atoms with Gasteiger partial charge in [-0.1, -0.05) is 26.0 Å². The number of esters is 1. The maximum Gasteiger partial charge on any atom is 0.313 e. The number of aromatic hydroxyl groups is 1. The lowest BCUT2D eigenvalue weighted by molar-refractivity contribution is -0.146. The molecule has 0 heterocycles. The van der Waals surface area contributed by atoms with Crippen molar-refractivity contribution >= 4 is 5.97 Å². The van der Waals surface area contributed by atoms with Gasteiger partial charge in [-0.05, 0) is 30.5 Å². The highest BCUT2D eigenvalue weighted by Crippen LogP contribution is 2.19. The van der Waals surface area contributed by atoms with Crippen LogP contribution < -0.4 is 0 Å². The number of carbonyl (C=O) groups is 1. The molecule has 0 aliphatic heterocycles. The van der Waals surface area contributed by atoms with Gasteiger partial charge in [-0.3, -0.25) is 4.79 Å². The monoisotopic (exact) mass is 222 g/mol. The van der Waals surface area contributed by atoms with E-state index < -0.39 is 0 Å². The van der Waals surface area contributed by atoms with Crippen LogP contribution in [0.2, 0.25) is 0 Å². The second-order valence-electron chi connectivity index (χ2n) is 4.34. The molecule has 0 bridgehead atoms. The molecule has 1 aromatic rings. The summed E-state index contributed by atoms with van der Waals surface area (Å²) in [5.74, 6) is 0.0289. The van der Waals surface area contributed by atoms with Gasteiger partial charge in [0.25, 0.3) is 0 Å². The average molecular weight is 222 g/mol. The van der Waals surface area contributed by atoms with Crippen molar-refractivity contribution < 1.29 is 14.6 Å². The molecule has 0 radical (unpaired) electrons. The lowest BCUT2D eigenvalue weighted by Crippen LogP contribution is -2.16. The Labute approximate surface area is 96.1 Å². The highest BCUT2D eigenvalue weighted by molar-refractivity contribution is 5.77. The highest BCUT2D eigenvalue weighted by Gasteiger charge is 2.16. The molecule has 0 aliphatic carbocycles. The van der Waals surface area contributed by atoms with Crippen molar-refractivity contribution in [3.05, 3.63) is 29.8 Å². The average Bonchev–Trinajstić information content (AvgIpc) is 2.26. The fraction of sp³-hybridized carbons (Fsp3) is 0.462. The molecule has 1 rings (SSSR count). The third-order valence-electron chi connectivity index (χ3n) is 2.31. The quantitative estimate of drug-likeness (QED) is 0.797. The van der Waals surface area contributed by atoms with Crippen LogP contribution in [0.3, 0.4) is 0 Å². The van der Waals surface area contributed by atoms with Gasteiger partial charge < -0.3 is 9.84 Å². The number of benzene rings is 1. The summed E-state index contributed by atoms with van der Waals surface area (Å²) in [6.07, 6.45) is 0. The molecule has 1 N–H and O–H groups in total. The number of ether oxygens (including phenoxy) is 1. The Morgan fingerprint density at radius 3 is 2.31 bits per heavy atom. The maximum absolute atomic E-state index is 11.6. The fourth-order valence-electron chi connectivity index (χ4n) is 1.27. The summed E-state index contributed by atoms with van der Waals surface area (Å²) in [7, 11) is 0. The lowest BCUT2D eigenvalue weighted by atomic mass is 10.0. The summed E-state index contributed by atoms with van der Waals surface area (Å²) in [5, 5.41) is 9.14. The smallest absolute Gasteiger partial charge is 0.313 e. The first kappa shape index (κ1) is 12.6. The Morgan fingerprint density at radius 1 is 1.25 bits per heavy atom. The second kappa shape index (κ2) is 5.54. The summed E-state index contributed by atoms with van der Waals surface area (Å²) >= 11 is 0. The second-order valence-corrected chi connectivity index (χ2v) is 4.34. The standard InChI is InChI=1S/C13H18O3/c1-9(2)8-16-13(15)10(3)11-4-6-12(14)7-5-11/h4-7,9-10,14H,8H2,1-3H3. The third kappa shape index (κ3) is 3.57. The van der Waals surface area contributed by atoms with Gasteiger partial charge in [0.15, 0.2) is 0 Å². The Hall–Kier alpha value is -1.51. The van der Waals surface area contributed by atoms with Crippen LogP contribution in [0.1, 0.15) is 32.3 Å². The summed E-state index contributed by atoms with van der Waals surface area (Å²) in [4.78, 5) is 11.6. The SMILES string of the molecule is CC(C)COC(=O)C(C)c1ccc(O)cc1. The minimum Gasteiger partial charge on any atom is -0.508 e. The van der Waals surface area contributed by atoms with E-state index in [2.05, 4.69) is 0 Å². The molecule has 88 valence electrons. The maximum atomic E-state index is 11.6. The number of hydrogen-bond donors (Lipinski definition) is 1. The number of phenolic OH excluding ortho intramolecular Hbond substituents is 1. The zero-order chi connectivity index (χ0) is 12.1. The van der Waals surface area contributed by atoms with Crippen molar-refractivity contribution in [2.24, 2.45) is 5.92 Å². The number of phenols is 1. The van der Waals surface area contributed by atoms with E-state index in [0.717, 1.165) is 5.56 Å². The summed E-state index contributed by atoms with van der Waals surface area (Å²) in [5.41, 5.74) is 0.853. The molecule has 1 unspecified atom stereocenters. The molecule has 0 spiro atoms. The van der Waals surface area contributed by atoms with E-state index in [1.54, 1.807) is 31.2 Å². The number of rotatable bonds is 4. The van der Waals surface area contributed by atoms with E-state index in [1.165, 1.54) is 0 Å². The summed E-state index contributed by atoms with van der Waals surface area (Å²) in [6, 6.07) is 6.61. The Morgan fingerprint density at radius 2 is 1.81 bits per heavy atom. The van der Waals surface area contributed by atoms with E-state index in [9.17, 15) is 4.79 Å². The molecule has 0 fully saturated rings. The van der Waals surface area contributed by atoms with Crippen molar-refractivity contribution in [3.8, 4) is 5.75 Å². The van der Waals surface area contributed by atoms with Crippen LogP contribution in [-0.2, 0) is 9.53 Å². The van der Waals surface area contributed by atoms with Crippen LogP contribution in [-0.4, -0.2) is 17.7 Å². The minimum atomic E-state index is -0.292. The van der Waals surface area contributed by atoms with Gasteiger partial charge in [0, 0.05) is 0 Å². The normalized spacial score (nSPS) is 12.5. The van der Waals surface area contributed by atoms with Gasteiger partial charge in [0.05, 0.1) is 12.5 Å². The highest BCUT2D eigenvalue weighted by atomic mass is 16.5.